The molecule has 0 spiro atoms. The molecule has 0 aliphatic heterocycles. The molecule has 9 rings (SSSR count). The van der Waals surface area contributed by atoms with Gasteiger partial charge in [-0.1, -0.05) is 196 Å². The molecule has 0 radical (unpaired) electrons. The second-order valence-electron chi connectivity index (χ2n) is 14.7. The summed E-state index contributed by atoms with van der Waals surface area (Å²) in [5, 5.41) is 2.02. The van der Waals surface area contributed by atoms with Crippen LogP contribution in [0.1, 0.15) is 49.9 Å². The molecule has 1 heterocycles. The molecule has 0 saturated carbocycles. The molecule has 0 bridgehead atoms. The molecule has 0 N–H and O–H groups in total. The minimum Gasteiger partial charge on any atom is -0.407 e. The van der Waals surface area contributed by atoms with Crippen LogP contribution in [0, 0.1) is 0 Å². The van der Waals surface area contributed by atoms with E-state index in [-0.39, 0.29) is 12.1 Å². The second-order valence-corrected chi connectivity index (χ2v) is 16.0. The summed E-state index contributed by atoms with van der Waals surface area (Å²) in [5.74, 6) is 0. The smallest absolute Gasteiger partial charge is 0.310 e. The van der Waals surface area contributed by atoms with E-state index in [9.17, 15) is 0 Å². The van der Waals surface area contributed by atoms with Crippen molar-refractivity contribution in [3.8, 4) is 44.5 Å². The molecule has 3 nitrogen and oxygen atoms in total. The minimum atomic E-state index is -1.78. The van der Waals surface area contributed by atoms with E-state index in [1.807, 2.05) is 0 Å². The highest BCUT2D eigenvalue weighted by atomic mass is 31.1. The van der Waals surface area contributed by atoms with Gasteiger partial charge < -0.3 is 8.39 Å². The van der Waals surface area contributed by atoms with E-state index < -0.39 is 8.16 Å². The molecule has 9 aromatic rings. The van der Waals surface area contributed by atoms with Gasteiger partial charge in [0, 0.05) is 34.0 Å². The third-order valence-electron chi connectivity index (χ3n) is 11.2. The van der Waals surface area contributed by atoms with Crippen molar-refractivity contribution in [2.75, 3.05) is 4.67 Å². The number of rotatable bonds is 11. The van der Waals surface area contributed by atoms with Crippen LogP contribution in [0.3, 0.4) is 0 Å². The predicted molar refractivity (Wildman–Crippen MR) is 245 cm³/mol. The maximum absolute atomic E-state index is 7.69. The van der Waals surface area contributed by atoms with E-state index in [0.29, 0.717) is 0 Å². The fourth-order valence-corrected chi connectivity index (χ4v) is 10.3. The number of nitrogens with zero attached hydrogens (tertiary/aromatic N) is 1. The van der Waals surface area contributed by atoms with Crippen molar-refractivity contribution >= 4 is 30.1 Å². The third-order valence-corrected chi connectivity index (χ3v) is 12.8. The normalized spacial score (nSPS) is 12.5. The van der Waals surface area contributed by atoms with Gasteiger partial charge in [-0.15, -0.1) is 0 Å². The predicted octanol–water partition coefficient (Wildman–Crippen LogP) is 16.2. The summed E-state index contributed by atoms with van der Waals surface area (Å²) in [6.07, 6.45) is 1.74. The zero-order chi connectivity index (χ0) is 39.3. The van der Waals surface area contributed by atoms with Gasteiger partial charge in [0.25, 0.3) is 0 Å². The van der Waals surface area contributed by atoms with Gasteiger partial charge >= 0.3 is 8.16 Å². The highest BCUT2D eigenvalue weighted by Gasteiger charge is 2.33. The standard InChI is InChI=1S/C54H46NO2P/c1-3-51(43-31-19-9-20-32-43)55(52(4-2)44-33-21-10-22-34-44)58-56-53-47(41-27-15-7-16-28-41)35-45(39-23-11-5-12-24-39)37-49(53)50-38-46(40-25-13-6-14-26-40)36-48(54(50)57-58)42-29-17-8-18-30-42/h5-38,51-52H,3-4H2,1-2H3/t51-,52-/m1/s1. The Hall–Kier alpha value is -6.38. The fourth-order valence-electron chi connectivity index (χ4n) is 8.33. The van der Waals surface area contributed by atoms with Crippen molar-refractivity contribution in [2.24, 2.45) is 0 Å². The van der Waals surface area contributed by atoms with Gasteiger partial charge in [-0.25, -0.2) is 0 Å². The Bertz CT molecular complexity index is 2600. The summed E-state index contributed by atoms with van der Waals surface area (Å²) < 4.78 is 17.9. The zero-order valence-electron chi connectivity index (χ0n) is 32.9. The van der Waals surface area contributed by atoms with Gasteiger partial charge in [0.1, 0.15) is 0 Å². The van der Waals surface area contributed by atoms with Gasteiger partial charge in [0.05, 0.1) is 0 Å². The van der Waals surface area contributed by atoms with Crippen LogP contribution in [0.4, 0.5) is 0 Å². The zero-order valence-corrected chi connectivity index (χ0v) is 33.8. The maximum Gasteiger partial charge on any atom is 0.310 e. The van der Waals surface area contributed by atoms with Gasteiger partial charge in [0.15, 0.2) is 11.2 Å². The Morgan fingerprint density at radius 3 is 1.02 bits per heavy atom. The number of hydrogen-bond donors (Lipinski definition) is 0. The van der Waals surface area contributed by atoms with Gasteiger partial charge in [-0.3, -0.25) is 0 Å². The summed E-state index contributed by atoms with van der Waals surface area (Å²) >= 11 is 0. The van der Waals surface area contributed by atoms with Crippen LogP contribution in [0.2, 0.25) is 0 Å². The first-order chi connectivity index (χ1) is 28.7. The highest BCUT2D eigenvalue weighted by Crippen LogP contribution is 2.51. The van der Waals surface area contributed by atoms with Crippen LogP contribution in [0.15, 0.2) is 215 Å². The Kier molecular flexibility index (Phi) is 10.9. The van der Waals surface area contributed by atoms with E-state index in [0.717, 1.165) is 79.3 Å². The van der Waals surface area contributed by atoms with E-state index in [1.165, 1.54) is 11.1 Å². The molecule has 8 aromatic carbocycles. The van der Waals surface area contributed by atoms with Gasteiger partial charge in [0.2, 0.25) is 0 Å². The van der Waals surface area contributed by atoms with Crippen molar-refractivity contribution in [2.45, 2.75) is 38.8 Å². The molecule has 58 heavy (non-hydrogen) atoms. The minimum absolute atomic E-state index is 0.00926. The number of fused-ring (bicyclic) bond motifs is 3. The van der Waals surface area contributed by atoms with Crippen molar-refractivity contribution in [3.05, 3.63) is 217 Å². The van der Waals surface area contributed by atoms with Gasteiger partial charge in [-0.05, 0) is 81.6 Å². The largest absolute Gasteiger partial charge is 0.407 e. The van der Waals surface area contributed by atoms with Crippen LogP contribution in [-0.4, -0.2) is 0 Å². The van der Waals surface area contributed by atoms with E-state index in [4.69, 9.17) is 8.39 Å². The van der Waals surface area contributed by atoms with Crippen LogP contribution in [-0.2, 0) is 0 Å². The summed E-state index contributed by atoms with van der Waals surface area (Å²) in [4.78, 5) is 0. The highest BCUT2D eigenvalue weighted by molar-refractivity contribution is 7.39. The molecule has 0 fully saturated rings. The Labute approximate surface area is 342 Å². The number of hydrogen-bond acceptors (Lipinski definition) is 3. The first kappa shape index (κ1) is 37.2. The molecule has 0 unspecified atom stereocenters. The fraction of sp³-hybridized carbons (Fsp3) is 0.111. The first-order valence-corrected chi connectivity index (χ1v) is 21.5. The summed E-state index contributed by atoms with van der Waals surface area (Å²) in [6, 6.07) is 73.7. The molecule has 0 amide bonds. The first-order valence-electron chi connectivity index (χ1n) is 20.3. The van der Waals surface area contributed by atoms with Crippen molar-refractivity contribution in [3.63, 3.8) is 0 Å². The molecule has 284 valence electrons. The van der Waals surface area contributed by atoms with E-state index >= 15 is 0 Å². The van der Waals surface area contributed by atoms with Crippen molar-refractivity contribution in [1.29, 1.82) is 0 Å². The Morgan fingerprint density at radius 1 is 0.379 bits per heavy atom. The SMILES string of the molecule is CC[C@H](c1ccccc1)N([C@H](CC)c1ccccc1)p1oc2c(-c3ccccc3)cc(-c3ccccc3)cc2c2cc(-c3ccccc3)cc(-c3ccccc3)c2o1. The van der Waals surface area contributed by atoms with Crippen LogP contribution in [0.5, 0.6) is 0 Å². The quantitative estimate of drug-likeness (QED) is 0.131. The van der Waals surface area contributed by atoms with Gasteiger partial charge in [-0.2, -0.15) is 4.67 Å². The summed E-state index contributed by atoms with van der Waals surface area (Å²) in [7, 11) is -1.78. The third kappa shape index (κ3) is 7.43. The monoisotopic (exact) mass is 771 g/mol. The maximum atomic E-state index is 7.69. The lowest BCUT2D eigenvalue weighted by Gasteiger charge is -2.35. The van der Waals surface area contributed by atoms with E-state index in [1.54, 1.807) is 0 Å². The van der Waals surface area contributed by atoms with E-state index in [2.05, 4.69) is 225 Å². The summed E-state index contributed by atoms with van der Waals surface area (Å²) in [5.41, 5.74) is 12.9. The molecule has 0 aliphatic rings. The van der Waals surface area contributed by atoms with Crippen molar-refractivity contribution in [1.82, 2.24) is 0 Å². The second kappa shape index (κ2) is 17.0. The summed E-state index contributed by atoms with van der Waals surface area (Å²) in [6.45, 7) is 4.56. The lowest BCUT2D eigenvalue weighted by Crippen LogP contribution is -2.30. The molecular formula is C54H46NO2P. The molecule has 1 aromatic heterocycles. The van der Waals surface area contributed by atoms with Crippen molar-refractivity contribution < 1.29 is 8.39 Å². The molecule has 0 saturated heterocycles. The molecule has 4 heteroatoms. The lowest BCUT2D eigenvalue weighted by atomic mass is 9.92. The average Bonchev–Trinajstić information content (AvgIpc) is 3.47. The van der Waals surface area contributed by atoms with Crippen LogP contribution < -0.4 is 4.67 Å². The van der Waals surface area contributed by atoms with Crippen LogP contribution in [0.25, 0.3) is 66.4 Å². The Balaban J connectivity index is 1.49. The molecule has 2 atom stereocenters. The number of benzene rings is 8. The van der Waals surface area contributed by atoms with Crippen LogP contribution >= 0.6 is 8.16 Å². The molecular weight excluding hydrogens is 726 g/mol. The lowest BCUT2D eigenvalue weighted by molar-refractivity contribution is 0.504. The average molecular weight is 772 g/mol. The Morgan fingerprint density at radius 2 is 0.690 bits per heavy atom. The topological polar surface area (TPSA) is 29.5 Å². The molecule has 0 aliphatic carbocycles.